The van der Waals surface area contributed by atoms with Crippen LogP contribution in [0.15, 0.2) is 11.4 Å². The predicted octanol–water partition coefficient (Wildman–Crippen LogP) is 2.49. The quantitative estimate of drug-likeness (QED) is 0.864. The van der Waals surface area contributed by atoms with Gasteiger partial charge in [0.2, 0.25) is 0 Å². The molecule has 3 rings (SSSR count). The van der Waals surface area contributed by atoms with E-state index in [0.717, 1.165) is 12.0 Å². The zero-order valence-corrected chi connectivity index (χ0v) is 11.4. The molecule has 3 heteroatoms. The summed E-state index contributed by atoms with van der Waals surface area (Å²) in [5.41, 5.74) is 1.57. The monoisotopic (exact) mass is 250 g/mol. The highest BCUT2D eigenvalue weighted by atomic mass is 32.1. The topological polar surface area (TPSA) is 15.3 Å². The second-order valence-corrected chi connectivity index (χ2v) is 6.64. The number of hydrogen-bond acceptors (Lipinski definition) is 3. The third-order valence-corrected chi connectivity index (χ3v) is 4.81. The molecule has 0 saturated heterocycles. The number of thiophene rings is 1. The minimum absolute atomic E-state index is 0.774. The molecule has 2 heterocycles. The number of fused-ring (bicyclic) bond motifs is 1. The van der Waals surface area contributed by atoms with Gasteiger partial charge < -0.3 is 5.32 Å². The van der Waals surface area contributed by atoms with Gasteiger partial charge >= 0.3 is 0 Å². The zero-order valence-electron chi connectivity index (χ0n) is 10.6. The Morgan fingerprint density at radius 2 is 2.41 bits per heavy atom. The molecular weight excluding hydrogens is 228 g/mol. The fourth-order valence-corrected chi connectivity index (χ4v) is 3.51. The summed E-state index contributed by atoms with van der Waals surface area (Å²) in [5, 5.41) is 5.88. The lowest BCUT2D eigenvalue weighted by atomic mass is 10.1. The molecule has 2 nitrogen and oxygen atoms in total. The minimum Gasteiger partial charge on any atom is -0.314 e. The van der Waals surface area contributed by atoms with Crippen molar-refractivity contribution in [3.63, 3.8) is 0 Å². The molecule has 0 radical (unpaired) electrons. The standard InChI is InChI=1S/C14H22N2S/c1-11(8-15-13-2-3-13)9-16-6-4-14-12(10-16)5-7-17-14/h5,7,11,13,15H,2-4,6,8-10H2,1H3. The molecule has 0 spiro atoms. The molecule has 0 bridgehead atoms. The average Bonchev–Trinajstić information content (AvgIpc) is 3.04. The van der Waals surface area contributed by atoms with Crippen LogP contribution in [-0.4, -0.2) is 30.6 Å². The van der Waals surface area contributed by atoms with E-state index in [2.05, 4.69) is 28.6 Å². The fraction of sp³-hybridized carbons (Fsp3) is 0.714. The molecule has 1 aliphatic carbocycles. The predicted molar refractivity (Wildman–Crippen MR) is 73.5 cm³/mol. The van der Waals surface area contributed by atoms with Crippen molar-refractivity contribution < 1.29 is 0 Å². The molecule has 1 N–H and O–H groups in total. The Morgan fingerprint density at radius 1 is 1.53 bits per heavy atom. The van der Waals surface area contributed by atoms with E-state index in [-0.39, 0.29) is 0 Å². The van der Waals surface area contributed by atoms with Gasteiger partial charge in [-0.05, 0) is 48.7 Å². The second kappa shape index (κ2) is 5.09. The van der Waals surface area contributed by atoms with Crippen LogP contribution in [0.3, 0.4) is 0 Å². The molecule has 0 amide bonds. The Hall–Kier alpha value is -0.380. The zero-order chi connectivity index (χ0) is 11.7. The number of rotatable bonds is 5. The number of hydrogen-bond donors (Lipinski definition) is 1. The number of nitrogens with zero attached hydrogens (tertiary/aromatic N) is 1. The van der Waals surface area contributed by atoms with Crippen LogP contribution < -0.4 is 5.32 Å². The van der Waals surface area contributed by atoms with Gasteiger partial charge in [0.25, 0.3) is 0 Å². The molecule has 2 aliphatic rings. The van der Waals surface area contributed by atoms with Gasteiger partial charge in [-0.1, -0.05) is 6.92 Å². The Labute approximate surface area is 108 Å². The maximum Gasteiger partial charge on any atom is 0.0245 e. The molecular formula is C14H22N2S. The first kappa shape index (κ1) is 11.7. The maximum absolute atomic E-state index is 3.64. The summed E-state index contributed by atoms with van der Waals surface area (Å²) in [6.45, 7) is 7.24. The third kappa shape index (κ3) is 3.09. The fourth-order valence-electron chi connectivity index (χ4n) is 2.62. The molecule has 17 heavy (non-hydrogen) atoms. The van der Waals surface area contributed by atoms with Crippen LogP contribution in [0.2, 0.25) is 0 Å². The smallest absolute Gasteiger partial charge is 0.0245 e. The van der Waals surface area contributed by atoms with Crippen molar-refractivity contribution in [1.29, 1.82) is 0 Å². The van der Waals surface area contributed by atoms with Crippen molar-refractivity contribution in [2.24, 2.45) is 5.92 Å². The largest absolute Gasteiger partial charge is 0.314 e. The van der Waals surface area contributed by atoms with E-state index >= 15 is 0 Å². The van der Waals surface area contributed by atoms with Crippen LogP contribution in [-0.2, 0) is 13.0 Å². The van der Waals surface area contributed by atoms with Gasteiger partial charge in [-0.15, -0.1) is 11.3 Å². The average molecular weight is 250 g/mol. The van der Waals surface area contributed by atoms with Crippen LogP contribution in [0.5, 0.6) is 0 Å². The summed E-state index contributed by atoms with van der Waals surface area (Å²) in [6, 6.07) is 3.15. The van der Waals surface area contributed by atoms with E-state index in [0.29, 0.717) is 0 Å². The molecule has 1 atom stereocenters. The van der Waals surface area contributed by atoms with Crippen molar-refractivity contribution in [3.05, 3.63) is 21.9 Å². The van der Waals surface area contributed by atoms with Crippen LogP contribution >= 0.6 is 11.3 Å². The first-order valence-electron chi connectivity index (χ1n) is 6.82. The SMILES string of the molecule is CC(CNC1CC1)CN1CCc2sccc2C1. The van der Waals surface area contributed by atoms with E-state index in [9.17, 15) is 0 Å². The van der Waals surface area contributed by atoms with Crippen LogP contribution in [0, 0.1) is 5.92 Å². The summed E-state index contributed by atoms with van der Waals surface area (Å²) in [7, 11) is 0. The third-order valence-electron chi connectivity index (χ3n) is 3.79. The van der Waals surface area contributed by atoms with Crippen molar-refractivity contribution in [3.8, 4) is 0 Å². The molecule has 1 aliphatic heterocycles. The molecule has 1 saturated carbocycles. The van der Waals surface area contributed by atoms with E-state index in [1.165, 1.54) is 45.4 Å². The van der Waals surface area contributed by atoms with Crippen molar-refractivity contribution in [2.75, 3.05) is 19.6 Å². The van der Waals surface area contributed by atoms with Gasteiger partial charge in [-0.25, -0.2) is 0 Å². The highest BCUT2D eigenvalue weighted by Crippen LogP contribution is 2.24. The van der Waals surface area contributed by atoms with Gasteiger partial charge in [-0.3, -0.25) is 4.90 Å². The lowest BCUT2D eigenvalue weighted by molar-refractivity contribution is 0.219. The second-order valence-electron chi connectivity index (χ2n) is 5.64. The van der Waals surface area contributed by atoms with Crippen molar-refractivity contribution >= 4 is 11.3 Å². The van der Waals surface area contributed by atoms with Crippen LogP contribution in [0.4, 0.5) is 0 Å². The molecule has 1 fully saturated rings. The molecule has 0 aromatic carbocycles. The van der Waals surface area contributed by atoms with E-state index in [1.54, 1.807) is 10.4 Å². The molecule has 1 unspecified atom stereocenters. The Kier molecular flexibility index (Phi) is 3.50. The summed E-state index contributed by atoms with van der Waals surface area (Å²) in [5.74, 6) is 0.774. The summed E-state index contributed by atoms with van der Waals surface area (Å²) in [6.07, 6.45) is 4.05. The lowest BCUT2D eigenvalue weighted by Gasteiger charge is -2.29. The van der Waals surface area contributed by atoms with Crippen molar-refractivity contribution in [1.82, 2.24) is 10.2 Å². The highest BCUT2D eigenvalue weighted by molar-refractivity contribution is 7.10. The number of nitrogens with one attached hydrogen (secondary N) is 1. The highest BCUT2D eigenvalue weighted by Gasteiger charge is 2.22. The summed E-state index contributed by atoms with van der Waals surface area (Å²) < 4.78 is 0. The Balaban J connectivity index is 1.46. The summed E-state index contributed by atoms with van der Waals surface area (Å²) >= 11 is 1.93. The van der Waals surface area contributed by atoms with Crippen molar-refractivity contribution in [2.45, 2.75) is 38.8 Å². The Morgan fingerprint density at radius 3 is 3.24 bits per heavy atom. The van der Waals surface area contributed by atoms with Gasteiger partial charge in [0.05, 0.1) is 0 Å². The molecule has 1 aromatic rings. The van der Waals surface area contributed by atoms with Crippen LogP contribution in [0.25, 0.3) is 0 Å². The van der Waals surface area contributed by atoms with E-state index in [1.807, 2.05) is 11.3 Å². The first-order valence-corrected chi connectivity index (χ1v) is 7.70. The molecule has 1 aromatic heterocycles. The van der Waals surface area contributed by atoms with E-state index < -0.39 is 0 Å². The van der Waals surface area contributed by atoms with Gasteiger partial charge in [0.15, 0.2) is 0 Å². The maximum atomic E-state index is 3.64. The first-order chi connectivity index (χ1) is 8.31. The normalized spacial score (nSPS) is 22.4. The lowest BCUT2D eigenvalue weighted by Crippen LogP contribution is -2.36. The minimum atomic E-state index is 0.774. The van der Waals surface area contributed by atoms with Crippen LogP contribution in [0.1, 0.15) is 30.2 Å². The summed E-state index contributed by atoms with van der Waals surface area (Å²) in [4.78, 5) is 4.24. The van der Waals surface area contributed by atoms with E-state index in [4.69, 9.17) is 0 Å². The Bertz CT molecular complexity index is 370. The molecule has 94 valence electrons. The van der Waals surface area contributed by atoms with Gasteiger partial charge in [0.1, 0.15) is 0 Å². The van der Waals surface area contributed by atoms with Gasteiger partial charge in [0, 0.05) is 30.6 Å². The van der Waals surface area contributed by atoms with Gasteiger partial charge in [-0.2, -0.15) is 0 Å².